The van der Waals surface area contributed by atoms with Crippen molar-refractivity contribution in [2.75, 3.05) is 32.8 Å². The van der Waals surface area contributed by atoms with Crippen molar-refractivity contribution in [3.8, 4) is 0 Å². The lowest BCUT2D eigenvalue weighted by Gasteiger charge is -2.33. The van der Waals surface area contributed by atoms with Crippen molar-refractivity contribution in [3.05, 3.63) is 70.8 Å². The smallest absolute Gasteiger partial charge is 0.251 e. The minimum Gasteiger partial charge on any atom is -0.374 e. The molecule has 1 heterocycles. The third-order valence-corrected chi connectivity index (χ3v) is 4.86. The van der Waals surface area contributed by atoms with Gasteiger partial charge in [-0.15, -0.1) is 0 Å². The van der Waals surface area contributed by atoms with Crippen molar-refractivity contribution in [1.29, 1.82) is 0 Å². The van der Waals surface area contributed by atoms with E-state index in [-0.39, 0.29) is 24.5 Å². The average Bonchev–Trinajstić information content (AvgIpc) is 2.72. The van der Waals surface area contributed by atoms with Gasteiger partial charge in [-0.1, -0.05) is 47.5 Å². The molecular formula is C23H28N2O4. The SMILES string of the molecule is Cc1ccc(C(=O)NCC(=O)N2CCOC(COCc3cccc(C)c3)C2)cc1. The Hall–Kier alpha value is -2.70. The zero-order valence-electron chi connectivity index (χ0n) is 17.0. The number of rotatable bonds is 7. The fraction of sp³-hybridized carbons (Fsp3) is 0.391. The normalized spacial score (nSPS) is 16.5. The summed E-state index contributed by atoms with van der Waals surface area (Å²) < 4.78 is 11.5. The van der Waals surface area contributed by atoms with Crippen LogP contribution in [0.15, 0.2) is 48.5 Å². The lowest BCUT2D eigenvalue weighted by molar-refractivity contribution is -0.140. The number of benzene rings is 2. The van der Waals surface area contributed by atoms with Crippen molar-refractivity contribution < 1.29 is 19.1 Å². The summed E-state index contributed by atoms with van der Waals surface area (Å²) in [5.41, 5.74) is 3.95. The number of morpholine rings is 1. The molecule has 0 radical (unpaired) electrons. The Labute approximate surface area is 171 Å². The van der Waals surface area contributed by atoms with Crippen molar-refractivity contribution in [2.24, 2.45) is 0 Å². The largest absolute Gasteiger partial charge is 0.374 e. The summed E-state index contributed by atoms with van der Waals surface area (Å²) in [6.45, 7) is 6.38. The quantitative estimate of drug-likeness (QED) is 0.781. The number of carbonyl (C=O) groups is 2. The minimum absolute atomic E-state index is 0.0242. The number of ether oxygens (including phenoxy) is 2. The van der Waals surface area contributed by atoms with Gasteiger partial charge in [0.2, 0.25) is 5.91 Å². The van der Waals surface area contributed by atoms with Crippen molar-refractivity contribution in [3.63, 3.8) is 0 Å². The van der Waals surface area contributed by atoms with E-state index < -0.39 is 0 Å². The molecule has 29 heavy (non-hydrogen) atoms. The molecule has 0 aliphatic carbocycles. The van der Waals surface area contributed by atoms with Gasteiger partial charge in [0.25, 0.3) is 5.91 Å². The van der Waals surface area contributed by atoms with Crippen LogP contribution in [0.3, 0.4) is 0 Å². The van der Waals surface area contributed by atoms with Crippen molar-refractivity contribution in [2.45, 2.75) is 26.6 Å². The lowest BCUT2D eigenvalue weighted by atomic mass is 10.1. The third kappa shape index (κ3) is 6.41. The van der Waals surface area contributed by atoms with Crippen LogP contribution in [0.2, 0.25) is 0 Å². The highest BCUT2D eigenvalue weighted by Gasteiger charge is 2.24. The van der Waals surface area contributed by atoms with Gasteiger partial charge in [0, 0.05) is 18.7 Å². The first-order valence-electron chi connectivity index (χ1n) is 9.89. The van der Waals surface area contributed by atoms with E-state index in [1.54, 1.807) is 17.0 Å². The molecule has 0 bridgehead atoms. The number of hydrogen-bond donors (Lipinski definition) is 1. The highest BCUT2D eigenvalue weighted by molar-refractivity contribution is 5.96. The molecule has 0 aromatic heterocycles. The van der Waals surface area contributed by atoms with Crippen LogP contribution in [-0.2, 0) is 20.9 Å². The highest BCUT2D eigenvalue weighted by atomic mass is 16.5. The number of hydrogen-bond acceptors (Lipinski definition) is 4. The zero-order valence-corrected chi connectivity index (χ0v) is 17.0. The molecule has 3 rings (SSSR count). The van der Waals surface area contributed by atoms with Crippen LogP contribution in [0.4, 0.5) is 0 Å². The Balaban J connectivity index is 1.41. The summed E-state index contributed by atoms with van der Waals surface area (Å²) in [4.78, 5) is 26.4. The number of nitrogens with one attached hydrogen (secondary N) is 1. The molecule has 0 spiro atoms. The van der Waals surface area contributed by atoms with E-state index in [1.165, 1.54) is 5.56 Å². The van der Waals surface area contributed by atoms with Gasteiger partial charge < -0.3 is 19.7 Å². The van der Waals surface area contributed by atoms with Crippen LogP contribution in [0.5, 0.6) is 0 Å². The summed E-state index contributed by atoms with van der Waals surface area (Å²) in [5, 5.41) is 2.70. The first kappa shape index (κ1) is 21.0. The van der Waals surface area contributed by atoms with Gasteiger partial charge in [-0.3, -0.25) is 9.59 Å². The Kier molecular flexibility index (Phi) is 7.38. The maximum Gasteiger partial charge on any atom is 0.251 e. The Morgan fingerprint density at radius 3 is 2.69 bits per heavy atom. The number of amides is 2. The van der Waals surface area contributed by atoms with Crippen LogP contribution < -0.4 is 5.32 Å². The second-order valence-corrected chi connectivity index (χ2v) is 7.39. The summed E-state index contributed by atoms with van der Waals surface area (Å²) in [6.07, 6.45) is -0.162. The standard InChI is InChI=1S/C23H28N2O4/c1-17-6-8-20(9-7-17)23(27)24-13-22(26)25-10-11-29-21(14-25)16-28-15-19-5-3-4-18(2)12-19/h3-9,12,21H,10-11,13-16H2,1-2H3,(H,24,27). The molecule has 0 saturated carbocycles. The number of aryl methyl sites for hydroxylation is 2. The summed E-state index contributed by atoms with van der Waals surface area (Å²) in [6, 6.07) is 15.4. The molecule has 6 nitrogen and oxygen atoms in total. The molecule has 2 amide bonds. The molecule has 1 saturated heterocycles. The van der Waals surface area contributed by atoms with Gasteiger partial charge in [-0.2, -0.15) is 0 Å². The topological polar surface area (TPSA) is 67.9 Å². The molecular weight excluding hydrogens is 368 g/mol. The van der Waals surface area contributed by atoms with Gasteiger partial charge in [0.15, 0.2) is 0 Å². The molecule has 1 unspecified atom stereocenters. The molecule has 1 N–H and O–H groups in total. The summed E-state index contributed by atoms with van der Waals surface area (Å²) in [7, 11) is 0. The summed E-state index contributed by atoms with van der Waals surface area (Å²) in [5.74, 6) is -0.359. The highest BCUT2D eigenvalue weighted by Crippen LogP contribution is 2.09. The van der Waals surface area contributed by atoms with E-state index in [1.807, 2.05) is 31.2 Å². The fourth-order valence-corrected chi connectivity index (χ4v) is 3.23. The van der Waals surface area contributed by atoms with Crippen LogP contribution in [0, 0.1) is 13.8 Å². The maximum absolute atomic E-state index is 12.5. The Bertz CT molecular complexity index is 835. The predicted molar refractivity (Wildman–Crippen MR) is 111 cm³/mol. The van der Waals surface area contributed by atoms with Crippen molar-refractivity contribution >= 4 is 11.8 Å². The number of carbonyl (C=O) groups excluding carboxylic acids is 2. The molecule has 1 aliphatic rings. The van der Waals surface area contributed by atoms with Crippen LogP contribution >= 0.6 is 0 Å². The van der Waals surface area contributed by atoms with E-state index in [9.17, 15) is 9.59 Å². The van der Waals surface area contributed by atoms with Gasteiger partial charge in [-0.05, 0) is 31.5 Å². The van der Waals surface area contributed by atoms with E-state index in [2.05, 4.69) is 24.4 Å². The Morgan fingerprint density at radius 1 is 1.14 bits per heavy atom. The molecule has 1 atom stereocenters. The predicted octanol–water partition coefficient (Wildman–Crippen LogP) is 2.48. The number of nitrogens with zero attached hydrogens (tertiary/aromatic N) is 1. The molecule has 154 valence electrons. The molecule has 1 fully saturated rings. The second-order valence-electron chi connectivity index (χ2n) is 7.39. The van der Waals surface area contributed by atoms with Crippen LogP contribution in [0.25, 0.3) is 0 Å². The van der Waals surface area contributed by atoms with E-state index in [0.717, 1.165) is 11.1 Å². The van der Waals surface area contributed by atoms with E-state index in [4.69, 9.17) is 9.47 Å². The van der Waals surface area contributed by atoms with Crippen LogP contribution in [0.1, 0.15) is 27.0 Å². The van der Waals surface area contributed by atoms with Gasteiger partial charge in [-0.25, -0.2) is 0 Å². The first-order valence-corrected chi connectivity index (χ1v) is 9.89. The molecule has 2 aromatic rings. The molecule has 1 aliphatic heterocycles. The van der Waals surface area contributed by atoms with Gasteiger partial charge in [0.05, 0.1) is 32.5 Å². The second kappa shape index (κ2) is 10.2. The lowest BCUT2D eigenvalue weighted by Crippen LogP contribution is -2.50. The Morgan fingerprint density at radius 2 is 1.93 bits per heavy atom. The average molecular weight is 396 g/mol. The third-order valence-electron chi connectivity index (χ3n) is 4.86. The first-order chi connectivity index (χ1) is 14.0. The van der Waals surface area contributed by atoms with Gasteiger partial charge >= 0.3 is 0 Å². The summed E-state index contributed by atoms with van der Waals surface area (Å²) >= 11 is 0. The maximum atomic E-state index is 12.5. The molecule has 2 aromatic carbocycles. The van der Waals surface area contributed by atoms with Gasteiger partial charge in [0.1, 0.15) is 0 Å². The monoisotopic (exact) mass is 396 g/mol. The molecule has 6 heteroatoms. The van der Waals surface area contributed by atoms with Crippen molar-refractivity contribution in [1.82, 2.24) is 10.2 Å². The van der Waals surface area contributed by atoms with Crippen LogP contribution in [-0.4, -0.2) is 55.7 Å². The fourth-order valence-electron chi connectivity index (χ4n) is 3.23. The van der Waals surface area contributed by atoms with E-state index >= 15 is 0 Å². The van der Waals surface area contributed by atoms with E-state index in [0.29, 0.717) is 38.5 Å². The zero-order chi connectivity index (χ0) is 20.6. The minimum atomic E-state index is -0.246.